The number of aromatic nitrogens is 1. The molecule has 94 valence electrons. The molecular formula is C14H22N2S. The smallest absolute Gasteiger partial charge is 0.0794 e. The lowest BCUT2D eigenvalue weighted by Gasteiger charge is -2.31. The van der Waals surface area contributed by atoms with Crippen LogP contribution in [-0.2, 0) is 6.42 Å². The third-order valence-corrected chi connectivity index (χ3v) is 5.20. The number of fused-ring (bicyclic) bond motifs is 1. The Bertz CT molecular complexity index is 350. The predicted octanol–water partition coefficient (Wildman–Crippen LogP) is 3.10. The van der Waals surface area contributed by atoms with Crippen molar-refractivity contribution in [1.29, 1.82) is 0 Å². The summed E-state index contributed by atoms with van der Waals surface area (Å²) >= 11 is 1.82. The van der Waals surface area contributed by atoms with E-state index in [0.717, 1.165) is 11.8 Å². The van der Waals surface area contributed by atoms with E-state index < -0.39 is 0 Å². The van der Waals surface area contributed by atoms with Crippen LogP contribution >= 0.6 is 11.3 Å². The summed E-state index contributed by atoms with van der Waals surface area (Å²) in [6.07, 6.45) is 8.97. The largest absolute Gasteiger partial charge is 0.316 e. The summed E-state index contributed by atoms with van der Waals surface area (Å²) in [6, 6.07) is 0. The van der Waals surface area contributed by atoms with Crippen LogP contribution in [0.3, 0.4) is 0 Å². The Morgan fingerprint density at radius 1 is 1.47 bits per heavy atom. The van der Waals surface area contributed by atoms with Crippen LogP contribution in [0.4, 0.5) is 0 Å². The lowest BCUT2D eigenvalue weighted by molar-refractivity contribution is 0.250. The number of hydrogen-bond acceptors (Lipinski definition) is 3. The van der Waals surface area contributed by atoms with Crippen molar-refractivity contribution >= 4 is 11.3 Å². The van der Waals surface area contributed by atoms with Crippen molar-refractivity contribution in [2.45, 2.75) is 39.0 Å². The quantitative estimate of drug-likeness (QED) is 0.785. The fraction of sp³-hybridized carbons (Fsp3) is 0.786. The number of rotatable bonds is 6. The van der Waals surface area contributed by atoms with Crippen molar-refractivity contribution in [3.8, 4) is 0 Å². The monoisotopic (exact) mass is 250 g/mol. The molecule has 2 saturated carbocycles. The summed E-state index contributed by atoms with van der Waals surface area (Å²) in [5.41, 5.74) is 2.52. The minimum absolute atomic E-state index is 0.551. The van der Waals surface area contributed by atoms with E-state index in [0.29, 0.717) is 5.41 Å². The van der Waals surface area contributed by atoms with Crippen LogP contribution in [0.15, 0.2) is 11.7 Å². The summed E-state index contributed by atoms with van der Waals surface area (Å²) in [6.45, 7) is 4.63. The van der Waals surface area contributed by atoms with Crippen molar-refractivity contribution in [1.82, 2.24) is 10.3 Å². The summed E-state index contributed by atoms with van der Waals surface area (Å²) in [5, 5.41) is 3.66. The lowest BCUT2D eigenvalue weighted by Crippen LogP contribution is -2.35. The van der Waals surface area contributed by atoms with Gasteiger partial charge in [-0.25, -0.2) is 0 Å². The van der Waals surface area contributed by atoms with Gasteiger partial charge >= 0.3 is 0 Å². The fourth-order valence-corrected chi connectivity index (χ4v) is 4.35. The molecular weight excluding hydrogens is 228 g/mol. The van der Waals surface area contributed by atoms with Crippen molar-refractivity contribution in [2.24, 2.45) is 17.3 Å². The first-order valence-electron chi connectivity index (χ1n) is 6.89. The van der Waals surface area contributed by atoms with Crippen molar-refractivity contribution in [3.63, 3.8) is 0 Å². The first kappa shape index (κ1) is 11.7. The Kier molecular flexibility index (Phi) is 3.22. The third kappa shape index (κ3) is 2.55. The molecule has 0 aromatic carbocycles. The predicted molar refractivity (Wildman–Crippen MR) is 72.2 cm³/mol. The van der Waals surface area contributed by atoms with Crippen LogP contribution in [0.5, 0.6) is 0 Å². The summed E-state index contributed by atoms with van der Waals surface area (Å²) in [5.74, 6) is 2.12. The molecule has 17 heavy (non-hydrogen) atoms. The zero-order chi connectivity index (χ0) is 11.7. The molecule has 1 N–H and O–H groups in total. The average Bonchev–Trinajstić information content (AvgIpc) is 2.77. The highest BCUT2D eigenvalue weighted by molar-refractivity contribution is 7.09. The molecule has 1 heterocycles. The topological polar surface area (TPSA) is 24.9 Å². The minimum Gasteiger partial charge on any atom is -0.316 e. The molecule has 0 bridgehead atoms. The van der Waals surface area contributed by atoms with Crippen LogP contribution < -0.4 is 5.32 Å². The second kappa shape index (κ2) is 4.69. The molecule has 2 fully saturated rings. The SMILES string of the molecule is CCCNCC1(Cc2cncs2)CC2CC2C1. The Morgan fingerprint density at radius 3 is 2.94 bits per heavy atom. The Labute approximate surface area is 108 Å². The van der Waals surface area contributed by atoms with Crippen LogP contribution in [0.2, 0.25) is 0 Å². The molecule has 3 heteroatoms. The minimum atomic E-state index is 0.551. The van der Waals surface area contributed by atoms with Gasteiger partial charge in [-0.2, -0.15) is 0 Å². The second-order valence-corrected chi connectivity index (χ2v) is 6.96. The zero-order valence-electron chi connectivity index (χ0n) is 10.6. The third-order valence-electron chi connectivity index (χ3n) is 4.42. The van der Waals surface area contributed by atoms with E-state index in [1.54, 1.807) is 0 Å². The molecule has 2 unspecified atom stereocenters. The van der Waals surface area contributed by atoms with Gasteiger partial charge in [-0.3, -0.25) is 4.98 Å². The second-order valence-electron chi connectivity index (χ2n) is 5.99. The zero-order valence-corrected chi connectivity index (χ0v) is 11.4. The van der Waals surface area contributed by atoms with Gasteiger partial charge in [0.2, 0.25) is 0 Å². The van der Waals surface area contributed by atoms with Gasteiger partial charge in [-0.05, 0) is 55.9 Å². The molecule has 2 nitrogen and oxygen atoms in total. The van der Waals surface area contributed by atoms with Gasteiger partial charge in [0.15, 0.2) is 0 Å². The maximum absolute atomic E-state index is 4.22. The molecule has 1 aromatic rings. The van der Waals surface area contributed by atoms with Crippen molar-refractivity contribution < 1.29 is 0 Å². The van der Waals surface area contributed by atoms with Gasteiger partial charge in [-0.15, -0.1) is 11.3 Å². The van der Waals surface area contributed by atoms with Crippen molar-refractivity contribution in [3.05, 3.63) is 16.6 Å². The Hall–Kier alpha value is -0.410. The van der Waals surface area contributed by atoms with E-state index in [4.69, 9.17) is 0 Å². The molecule has 0 amide bonds. The van der Waals surface area contributed by atoms with E-state index in [9.17, 15) is 0 Å². The molecule has 0 spiro atoms. The first-order valence-corrected chi connectivity index (χ1v) is 7.77. The normalized spacial score (nSPS) is 34.9. The molecule has 0 saturated heterocycles. The van der Waals surface area contributed by atoms with Gasteiger partial charge in [0.1, 0.15) is 0 Å². The lowest BCUT2D eigenvalue weighted by atomic mass is 9.79. The number of hydrogen-bond donors (Lipinski definition) is 1. The van der Waals surface area contributed by atoms with E-state index in [1.807, 2.05) is 16.8 Å². The summed E-state index contributed by atoms with van der Waals surface area (Å²) in [7, 11) is 0. The summed E-state index contributed by atoms with van der Waals surface area (Å²) in [4.78, 5) is 5.70. The van der Waals surface area contributed by atoms with Gasteiger partial charge in [-0.1, -0.05) is 6.92 Å². The van der Waals surface area contributed by atoms with Crippen LogP contribution in [-0.4, -0.2) is 18.1 Å². The average molecular weight is 250 g/mol. The molecule has 0 aliphatic heterocycles. The highest BCUT2D eigenvalue weighted by Gasteiger charge is 2.53. The van der Waals surface area contributed by atoms with E-state index in [2.05, 4.69) is 23.4 Å². The number of thiazole rings is 1. The van der Waals surface area contributed by atoms with E-state index in [-0.39, 0.29) is 0 Å². The Balaban J connectivity index is 1.64. The van der Waals surface area contributed by atoms with Gasteiger partial charge < -0.3 is 5.32 Å². The highest BCUT2D eigenvalue weighted by atomic mass is 32.1. The van der Waals surface area contributed by atoms with Crippen molar-refractivity contribution in [2.75, 3.05) is 13.1 Å². The standard InChI is InChI=1S/C14H22N2S/c1-2-3-15-9-14(5-11-4-12(11)6-14)7-13-8-16-10-17-13/h8,10-12,15H,2-7,9H2,1H3. The van der Waals surface area contributed by atoms with Gasteiger partial charge in [0.25, 0.3) is 0 Å². The molecule has 1 aromatic heterocycles. The molecule has 2 aliphatic carbocycles. The van der Waals surface area contributed by atoms with Crippen LogP contribution in [0.1, 0.15) is 37.5 Å². The summed E-state index contributed by atoms with van der Waals surface area (Å²) < 4.78 is 0. The molecule has 2 atom stereocenters. The molecule has 2 aliphatic rings. The van der Waals surface area contributed by atoms with Gasteiger partial charge in [0.05, 0.1) is 5.51 Å². The first-order chi connectivity index (χ1) is 8.31. The number of nitrogens with one attached hydrogen (secondary N) is 1. The van der Waals surface area contributed by atoms with Crippen LogP contribution in [0, 0.1) is 17.3 Å². The van der Waals surface area contributed by atoms with E-state index in [1.165, 1.54) is 50.1 Å². The highest BCUT2D eigenvalue weighted by Crippen LogP contribution is 2.60. The fourth-order valence-electron chi connectivity index (χ4n) is 3.59. The maximum Gasteiger partial charge on any atom is 0.0794 e. The van der Waals surface area contributed by atoms with Gasteiger partial charge in [0, 0.05) is 17.6 Å². The Morgan fingerprint density at radius 2 is 2.29 bits per heavy atom. The maximum atomic E-state index is 4.22. The molecule has 3 rings (SSSR count). The van der Waals surface area contributed by atoms with Crippen LogP contribution in [0.25, 0.3) is 0 Å². The van der Waals surface area contributed by atoms with E-state index >= 15 is 0 Å². The molecule has 0 radical (unpaired) electrons. The number of nitrogens with zero attached hydrogens (tertiary/aromatic N) is 1.